The molecule has 0 radical (unpaired) electrons. The lowest BCUT2D eigenvalue weighted by atomic mass is 9.79. The summed E-state index contributed by atoms with van der Waals surface area (Å²) in [6, 6.07) is 0. The Labute approximate surface area is 108 Å². The maximum absolute atomic E-state index is 11.2. The molecule has 1 fully saturated rings. The summed E-state index contributed by atoms with van der Waals surface area (Å²) < 4.78 is 0.461. The van der Waals surface area contributed by atoms with Crippen molar-refractivity contribution in [3.63, 3.8) is 0 Å². The van der Waals surface area contributed by atoms with E-state index >= 15 is 0 Å². The molecule has 1 saturated carbocycles. The molecule has 0 heterocycles. The van der Waals surface area contributed by atoms with Gasteiger partial charge in [0.1, 0.15) is 5.78 Å². The SMILES string of the molecule is CC(=O)C(C)C1CCC(I)(I)CC1. The van der Waals surface area contributed by atoms with Gasteiger partial charge < -0.3 is 0 Å². The van der Waals surface area contributed by atoms with Crippen molar-refractivity contribution >= 4 is 51.0 Å². The molecule has 0 aromatic carbocycles. The van der Waals surface area contributed by atoms with Gasteiger partial charge in [0.2, 0.25) is 0 Å². The molecule has 0 bridgehead atoms. The van der Waals surface area contributed by atoms with Crippen molar-refractivity contribution in [1.29, 1.82) is 0 Å². The predicted octanol–water partition coefficient (Wildman–Crippen LogP) is 3.97. The Bertz CT molecular complexity index is 191. The van der Waals surface area contributed by atoms with Crippen LogP contribution in [0.25, 0.3) is 0 Å². The van der Waals surface area contributed by atoms with Crippen molar-refractivity contribution < 1.29 is 4.79 Å². The monoisotopic (exact) mass is 406 g/mol. The third-order valence-electron chi connectivity index (χ3n) is 3.11. The molecular formula is C10H16I2O. The molecule has 0 amide bonds. The van der Waals surface area contributed by atoms with Crippen molar-refractivity contribution in [2.75, 3.05) is 0 Å². The number of Topliss-reactive ketones (excluding diaryl/α,β-unsaturated/α-hetero) is 1. The lowest BCUT2D eigenvalue weighted by Gasteiger charge is -2.33. The highest BCUT2D eigenvalue weighted by Gasteiger charge is 2.33. The first kappa shape index (κ1) is 12.2. The summed E-state index contributed by atoms with van der Waals surface area (Å²) in [6.45, 7) is 3.81. The molecule has 1 aliphatic rings. The lowest BCUT2D eigenvalue weighted by Crippen LogP contribution is -2.27. The highest BCUT2D eigenvalue weighted by atomic mass is 127. The van der Waals surface area contributed by atoms with Crippen LogP contribution in [0.5, 0.6) is 0 Å². The zero-order valence-electron chi connectivity index (χ0n) is 8.15. The Balaban J connectivity index is 2.45. The first-order valence-electron chi connectivity index (χ1n) is 4.81. The van der Waals surface area contributed by atoms with Gasteiger partial charge in [0.15, 0.2) is 0 Å². The number of alkyl halides is 2. The van der Waals surface area contributed by atoms with Gasteiger partial charge in [-0.25, -0.2) is 0 Å². The van der Waals surface area contributed by atoms with E-state index in [0.717, 1.165) is 0 Å². The van der Waals surface area contributed by atoms with Gasteiger partial charge in [-0.15, -0.1) is 0 Å². The molecule has 1 nitrogen and oxygen atoms in total. The molecule has 1 rings (SSSR count). The standard InChI is InChI=1S/C10H16I2O/c1-7(8(2)13)9-3-5-10(11,12)6-4-9/h7,9H,3-6H2,1-2H3. The lowest BCUT2D eigenvalue weighted by molar-refractivity contribution is -0.122. The van der Waals surface area contributed by atoms with Crippen molar-refractivity contribution in [2.24, 2.45) is 11.8 Å². The molecule has 0 aromatic rings. The molecule has 0 saturated heterocycles. The van der Waals surface area contributed by atoms with E-state index in [1.165, 1.54) is 25.7 Å². The minimum atomic E-state index is 0.281. The van der Waals surface area contributed by atoms with E-state index in [0.29, 0.717) is 13.1 Å². The number of carbonyl (C=O) groups excluding carboxylic acids is 1. The predicted molar refractivity (Wildman–Crippen MR) is 72.6 cm³/mol. The fourth-order valence-corrected chi connectivity index (χ4v) is 3.14. The van der Waals surface area contributed by atoms with Gasteiger partial charge in [-0.05, 0) is 38.5 Å². The zero-order valence-corrected chi connectivity index (χ0v) is 12.5. The van der Waals surface area contributed by atoms with Gasteiger partial charge in [0.05, 0.1) is 1.43 Å². The molecule has 0 spiro atoms. The first-order valence-corrected chi connectivity index (χ1v) is 6.96. The third-order valence-corrected chi connectivity index (χ3v) is 5.27. The van der Waals surface area contributed by atoms with Crippen LogP contribution in [0.15, 0.2) is 0 Å². The van der Waals surface area contributed by atoms with E-state index in [1.54, 1.807) is 6.92 Å². The maximum Gasteiger partial charge on any atom is 0.132 e. The Hall–Kier alpha value is 1.13. The minimum absolute atomic E-state index is 0.281. The molecule has 1 aliphatic carbocycles. The van der Waals surface area contributed by atoms with Gasteiger partial charge in [0.25, 0.3) is 0 Å². The van der Waals surface area contributed by atoms with Crippen LogP contribution in [0, 0.1) is 11.8 Å². The van der Waals surface area contributed by atoms with Crippen LogP contribution in [-0.2, 0) is 4.79 Å². The van der Waals surface area contributed by atoms with Gasteiger partial charge in [-0.1, -0.05) is 52.1 Å². The van der Waals surface area contributed by atoms with Crippen LogP contribution >= 0.6 is 45.2 Å². The summed E-state index contributed by atoms with van der Waals surface area (Å²) in [5.41, 5.74) is 0. The van der Waals surface area contributed by atoms with Gasteiger partial charge in [0, 0.05) is 5.92 Å². The van der Waals surface area contributed by atoms with Crippen LogP contribution in [0.2, 0.25) is 0 Å². The molecule has 0 aliphatic heterocycles. The summed E-state index contributed by atoms with van der Waals surface area (Å²) in [7, 11) is 0. The average molecular weight is 406 g/mol. The van der Waals surface area contributed by atoms with E-state index in [9.17, 15) is 4.79 Å². The number of ketones is 1. The van der Waals surface area contributed by atoms with Crippen LogP contribution in [0.4, 0.5) is 0 Å². The highest BCUT2D eigenvalue weighted by Crippen LogP contribution is 2.45. The molecule has 76 valence electrons. The molecule has 1 unspecified atom stereocenters. The zero-order chi connectivity index (χ0) is 10.1. The number of hydrogen-bond acceptors (Lipinski definition) is 1. The topological polar surface area (TPSA) is 17.1 Å². The molecule has 1 atom stereocenters. The van der Waals surface area contributed by atoms with Crippen molar-refractivity contribution in [1.82, 2.24) is 0 Å². The number of hydrogen-bond donors (Lipinski definition) is 0. The second-order valence-electron chi connectivity index (χ2n) is 4.09. The fraction of sp³-hybridized carbons (Fsp3) is 0.900. The maximum atomic E-state index is 11.2. The molecule has 3 heteroatoms. The van der Waals surface area contributed by atoms with E-state index < -0.39 is 0 Å². The van der Waals surface area contributed by atoms with Gasteiger partial charge in [-0.3, -0.25) is 4.79 Å². The first-order chi connectivity index (χ1) is 5.92. The number of carbonyl (C=O) groups is 1. The number of rotatable bonds is 2. The van der Waals surface area contributed by atoms with Gasteiger partial charge in [-0.2, -0.15) is 0 Å². The smallest absolute Gasteiger partial charge is 0.132 e. The Kier molecular flexibility index (Phi) is 4.47. The van der Waals surface area contributed by atoms with E-state index in [2.05, 4.69) is 52.1 Å². The summed E-state index contributed by atoms with van der Waals surface area (Å²) in [6.07, 6.45) is 4.98. The molecular weight excluding hydrogens is 390 g/mol. The Morgan fingerprint density at radius 2 is 1.85 bits per heavy atom. The van der Waals surface area contributed by atoms with E-state index in [1.807, 2.05) is 0 Å². The van der Waals surface area contributed by atoms with Crippen molar-refractivity contribution in [2.45, 2.75) is 41.0 Å². The van der Waals surface area contributed by atoms with Crippen molar-refractivity contribution in [3.05, 3.63) is 0 Å². The van der Waals surface area contributed by atoms with Gasteiger partial charge >= 0.3 is 0 Å². The minimum Gasteiger partial charge on any atom is -0.300 e. The van der Waals surface area contributed by atoms with Crippen molar-refractivity contribution in [3.8, 4) is 0 Å². The quantitative estimate of drug-likeness (QED) is 0.501. The van der Waals surface area contributed by atoms with Crippen LogP contribution in [0.1, 0.15) is 39.5 Å². The normalized spacial score (nSPS) is 25.5. The van der Waals surface area contributed by atoms with Crippen LogP contribution < -0.4 is 0 Å². The molecule has 0 aromatic heterocycles. The average Bonchev–Trinajstić information content (AvgIpc) is 2.03. The third kappa shape index (κ3) is 3.64. The number of halogens is 2. The summed E-state index contributed by atoms with van der Waals surface area (Å²) in [4.78, 5) is 11.2. The molecule has 13 heavy (non-hydrogen) atoms. The summed E-state index contributed by atoms with van der Waals surface area (Å²) in [5.74, 6) is 1.29. The van der Waals surface area contributed by atoms with E-state index in [-0.39, 0.29) is 5.92 Å². The van der Waals surface area contributed by atoms with Crippen LogP contribution in [0.3, 0.4) is 0 Å². The second kappa shape index (κ2) is 4.77. The fourth-order valence-electron chi connectivity index (χ4n) is 1.89. The largest absolute Gasteiger partial charge is 0.300 e. The summed E-state index contributed by atoms with van der Waals surface area (Å²) >= 11 is 5.09. The van der Waals surface area contributed by atoms with Crippen LogP contribution in [-0.4, -0.2) is 7.21 Å². The van der Waals surface area contributed by atoms with E-state index in [4.69, 9.17) is 0 Å². The second-order valence-corrected chi connectivity index (χ2v) is 10.3. The summed E-state index contributed by atoms with van der Waals surface area (Å²) in [5, 5.41) is 0. The molecule has 0 N–H and O–H groups in total. The Morgan fingerprint density at radius 1 is 1.38 bits per heavy atom. The Morgan fingerprint density at radius 3 is 2.23 bits per heavy atom. The highest BCUT2D eigenvalue weighted by molar-refractivity contribution is 14.2.